The van der Waals surface area contributed by atoms with Gasteiger partial charge in [0.1, 0.15) is 0 Å². The smallest absolute Gasteiger partial charge is 0.324 e. The van der Waals surface area contributed by atoms with Gasteiger partial charge in [-0.3, -0.25) is 18.5 Å². The fourth-order valence-electron chi connectivity index (χ4n) is 3.22. The van der Waals surface area contributed by atoms with E-state index < -0.39 is 13.3 Å². The third-order valence-corrected chi connectivity index (χ3v) is 6.89. The minimum Gasteiger partial charge on any atom is -0.324 e. The van der Waals surface area contributed by atoms with Crippen molar-refractivity contribution in [2.24, 2.45) is 13.0 Å². The maximum atomic E-state index is 12.9. The lowest BCUT2D eigenvalue weighted by atomic mass is 10.4. The lowest BCUT2D eigenvalue weighted by Crippen LogP contribution is -2.40. The average Bonchev–Trinajstić information content (AvgIpc) is 3.33. The molecule has 0 aromatic carbocycles. The Kier molecular flexibility index (Phi) is 6.03. The molecular weight excluding hydrogens is 371 g/mol. The molecule has 10 heteroatoms. The van der Waals surface area contributed by atoms with Gasteiger partial charge in [-0.2, -0.15) is 0 Å². The minimum atomic E-state index is -3.20. The molecule has 1 aliphatic rings. The van der Waals surface area contributed by atoms with E-state index in [4.69, 9.17) is 9.05 Å². The summed E-state index contributed by atoms with van der Waals surface area (Å²) < 4.78 is 27.5. The van der Waals surface area contributed by atoms with Crippen molar-refractivity contribution in [3.05, 3.63) is 27.2 Å². The van der Waals surface area contributed by atoms with E-state index in [-0.39, 0.29) is 31.5 Å². The molecule has 150 valence electrons. The SMILES string of the molecule is CCOP(=O)(CCCn1c(=O)c2c(ncn2CC2CC2)n(C)c1=O)OCC. The van der Waals surface area contributed by atoms with E-state index in [9.17, 15) is 14.2 Å². The first kappa shape index (κ1) is 20.0. The van der Waals surface area contributed by atoms with Crippen LogP contribution in [0.2, 0.25) is 0 Å². The number of rotatable bonds is 10. The summed E-state index contributed by atoms with van der Waals surface area (Å²) in [6.45, 7) is 4.96. The van der Waals surface area contributed by atoms with Crippen molar-refractivity contribution in [3.63, 3.8) is 0 Å². The van der Waals surface area contributed by atoms with Crippen LogP contribution in [0.5, 0.6) is 0 Å². The van der Waals surface area contributed by atoms with Crippen LogP contribution in [-0.4, -0.2) is 38.1 Å². The van der Waals surface area contributed by atoms with Gasteiger partial charge in [0.2, 0.25) is 0 Å². The van der Waals surface area contributed by atoms with E-state index in [0.29, 0.717) is 23.5 Å². The van der Waals surface area contributed by atoms with Gasteiger partial charge < -0.3 is 13.6 Å². The maximum Gasteiger partial charge on any atom is 0.332 e. The zero-order chi connectivity index (χ0) is 19.6. The molecule has 2 heterocycles. The molecule has 0 amide bonds. The fraction of sp³-hybridized carbons (Fsp3) is 0.706. The van der Waals surface area contributed by atoms with E-state index in [1.807, 2.05) is 4.57 Å². The van der Waals surface area contributed by atoms with Crippen LogP contribution in [0.3, 0.4) is 0 Å². The summed E-state index contributed by atoms with van der Waals surface area (Å²) in [5.74, 6) is 0.579. The highest BCUT2D eigenvalue weighted by atomic mass is 31.2. The highest BCUT2D eigenvalue weighted by Crippen LogP contribution is 2.48. The summed E-state index contributed by atoms with van der Waals surface area (Å²) in [6.07, 6.45) is 4.44. The molecule has 0 atom stereocenters. The summed E-state index contributed by atoms with van der Waals surface area (Å²) in [6, 6.07) is 0. The Bertz CT molecular complexity index is 962. The molecule has 2 aromatic heterocycles. The van der Waals surface area contributed by atoms with Crippen molar-refractivity contribution < 1.29 is 13.6 Å². The summed E-state index contributed by atoms with van der Waals surface area (Å²) in [4.78, 5) is 29.8. The standard InChI is InChI=1S/C17H27N4O5P/c1-4-25-27(24,26-5-2)10-6-9-21-16(22)14-15(19(3)17(21)23)18-12-20(14)11-13-7-8-13/h12-13H,4-11H2,1-3H3. The van der Waals surface area contributed by atoms with Gasteiger partial charge in [0.05, 0.1) is 25.7 Å². The van der Waals surface area contributed by atoms with Gasteiger partial charge in [0.25, 0.3) is 5.56 Å². The van der Waals surface area contributed by atoms with Crippen LogP contribution in [0.25, 0.3) is 11.2 Å². The number of aromatic nitrogens is 4. The number of nitrogens with zero attached hydrogens (tertiary/aromatic N) is 4. The highest BCUT2D eigenvalue weighted by Gasteiger charge is 2.25. The second-order valence-electron chi connectivity index (χ2n) is 6.83. The molecule has 0 N–H and O–H groups in total. The van der Waals surface area contributed by atoms with Crippen LogP contribution >= 0.6 is 7.60 Å². The van der Waals surface area contributed by atoms with Crippen molar-refractivity contribution in [2.75, 3.05) is 19.4 Å². The third kappa shape index (κ3) is 4.25. The van der Waals surface area contributed by atoms with Crippen LogP contribution in [0, 0.1) is 5.92 Å². The topological polar surface area (TPSA) is 97.4 Å². The van der Waals surface area contributed by atoms with E-state index in [1.54, 1.807) is 27.2 Å². The molecule has 1 fully saturated rings. The van der Waals surface area contributed by atoms with Crippen LogP contribution in [-0.2, 0) is 33.7 Å². The molecule has 0 radical (unpaired) electrons. The third-order valence-electron chi connectivity index (χ3n) is 4.72. The van der Waals surface area contributed by atoms with Gasteiger partial charge in [0.15, 0.2) is 11.2 Å². The Morgan fingerprint density at radius 1 is 1.22 bits per heavy atom. The van der Waals surface area contributed by atoms with Gasteiger partial charge in [-0.1, -0.05) is 0 Å². The van der Waals surface area contributed by atoms with Gasteiger partial charge in [-0.25, -0.2) is 9.78 Å². The number of imidazole rings is 1. The molecular formula is C17H27N4O5P. The molecule has 0 spiro atoms. The lowest BCUT2D eigenvalue weighted by molar-refractivity contribution is 0.219. The van der Waals surface area contributed by atoms with Gasteiger partial charge >= 0.3 is 13.3 Å². The van der Waals surface area contributed by atoms with Crippen molar-refractivity contribution in [1.82, 2.24) is 18.7 Å². The largest absolute Gasteiger partial charge is 0.332 e. The van der Waals surface area contributed by atoms with Crippen molar-refractivity contribution in [3.8, 4) is 0 Å². The summed E-state index contributed by atoms with van der Waals surface area (Å²) in [5, 5.41) is 0. The predicted octanol–water partition coefficient (Wildman–Crippen LogP) is 1.96. The minimum absolute atomic E-state index is 0.153. The van der Waals surface area contributed by atoms with Crippen molar-refractivity contribution in [2.45, 2.75) is 46.2 Å². The quantitative estimate of drug-likeness (QED) is 0.568. The number of hydrogen-bond donors (Lipinski definition) is 0. The Morgan fingerprint density at radius 2 is 1.89 bits per heavy atom. The van der Waals surface area contributed by atoms with Crippen LogP contribution in [0.1, 0.15) is 33.1 Å². The van der Waals surface area contributed by atoms with Gasteiger partial charge in [-0.15, -0.1) is 0 Å². The Balaban J connectivity index is 1.86. The molecule has 0 saturated heterocycles. The average molecular weight is 398 g/mol. The monoisotopic (exact) mass is 398 g/mol. The van der Waals surface area contributed by atoms with E-state index in [2.05, 4.69) is 4.98 Å². The van der Waals surface area contributed by atoms with E-state index >= 15 is 0 Å². The molecule has 1 saturated carbocycles. The molecule has 2 aromatic rings. The highest BCUT2D eigenvalue weighted by molar-refractivity contribution is 7.53. The second-order valence-corrected chi connectivity index (χ2v) is 9.02. The first-order valence-electron chi connectivity index (χ1n) is 9.43. The zero-order valence-electron chi connectivity index (χ0n) is 16.1. The summed E-state index contributed by atoms with van der Waals surface area (Å²) >= 11 is 0. The molecule has 0 unspecified atom stereocenters. The normalized spacial score (nSPS) is 14.9. The maximum absolute atomic E-state index is 12.9. The Morgan fingerprint density at radius 3 is 2.48 bits per heavy atom. The van der Waals surface area contributed by atoms with E-state index in [0.717, 1.165) is 19.4 Å². The second kappa shape index (κ2) is 8.12. The lowest BCUT2D eigenvalue weighted by Gasteiger charge is -2.17. The molecule has 0 bridgehead atoms. The van der Waals surface area contributed by atoms with Crippen LogP contribution < -0.4 is 11.2 Å². The van der Waals surface area contributed by atoms with Crippen LogP contribution in [0.4, 0.5) is 0 Å². The molecule has 1 aliphatic carbocycles. The summed E-state index contributed by atoms with van der Waals surface area (Å²) in [7, 11) is -1.58. The zero-order valence-corrected chi connectivity index (χ0v) is 17.0. The van der Waals surface area contributed by atoms with Crippen LogP contribution in [0.15, 0.2) is 15.9 Å². The Labute approximate surface area is 157 Å². The van der Waals surface area contributed by atoms with Gasteiger partial charge in [-0.05, 0) is 39.0 Å². The number of fused-ring (bicyclic) bond motifs is 1. The van der Waals surface area contributed by atoms with Crippen molar-refractivity contribution >= 4 is 18.8 Å². The van der Waals surface area contributed by atoms with Gasteiger partial charge in [0, 0.05) is 20.1 Å². The number of hydrogen-bond acceptors (Lipinski definition) is 6. The molecule has 27 heavy (non-hydrogen) atoms. The molecule has 0 aliphatic heterocycles. The first-order chi connectivity index (χ1) is 12.9. The molecule has 3 rings (SSSR count). The predicted molar refractivity (Wildman–Crippen MR) is 102 cm³/mol. The molecule has 9 nitrogen and oxygen atoms in total. The number of aryl methyl sites for hydroxylation is 1. The van der Waals surface area contributed by atoms with Crippen molar-refractivity contribution in [1.29, 1.82) is 0 Å². The fourth-order valence-corrected chi connectivity index (χ4v) is 4.87. The summed E-state index contributed by atoms with van der Waals surface area (Å²) in [5.41, 5.74) is 0.0683. The van der Waals surface area contributed by atoms with E-state index in [1.165, 1.54) is 9.13 Å². The Hall–Kier alpha value is -1.70. The first-order valence-corrected chi connectivity index (χ1v) is 11.2.